The predicted octanol–water partition coefficient (Wildman–Crippen LogP) is 4.74. The molecule has 2 heterocycles. The van der Waals surface area contributed by atoms with Gasteiger partial charge < -0.3 is 15.2 Å². The van der Waals surface area contributed by atoms with E-state index < -0.39 is 11.8 Å². The van der Waals surface area contributed by atoms with Gasteiger partial charge in [-0.05, 0) is 35.4 Å². The van der Waals surface area contributed by atoms with Crippen LogP contribution in [-0.4, -0.2) is 23.6 Å². The lowest BCUT2D eigenvalue weighted by Gasteiger charge is -2.24. The fourth-order valence-corrected chi connectivity index (χ4v) is 4.77. The van der Waals surface area contributed by atoms with Gasteiger partial charge in [0.05, 0.1) is 5.69 Å². The number of anilines is 1. The summed E-state index contributed by atoms with van der Waals surface area (Å²) in [6.07, 6.45) is 5.40. The second-order valence-electron chi connectivity index (χ2n) is 6.72. The highest BCUT2D eigenvalue weighted by molar-refractivity contribution is 7.15. The summed E-state index contributed by atoms with van der Waals surface area (Å²) in [6.45, 7) is 0.156. The molecule has 1 aliphatic heterocycles. The third kappa shape index (κ3) is 3.65. The number of thiophene rings is 1. The summed E-state index contributed by atoms with van der Waals surface area (Å²) >= 11 is 1.13. The number of carbonyl (C=O) groups excluding carboxylic acids is 1. The molecule has 0 aliphatic carbocycles. The van der Waals surface area contributed by atoms with Crippen LogP contribution in [0.15, 0.2) is 48.5 Å². The Morgan fingerprint density at radius 2 is 1.93 bits per heavy atom. The number of ether oxygens (including phenoxy) is 1. The molecule has 150 valence electrons. The first kappa shape index (κ1) is 19.7. The number of terminal acetylenes is 1. The molecule has 4 rings (SSSR count). The van der Waals surface area contributed by atoms with Crippen LogP contribution in [0.25, 0.3) is 11.1 Å². The van der Waals surface area contributed by atoms with E-state index in [1.54, 1.807) is 12.1 Å². The number of carbonyl (C=O) groups is 2. The molecule has 5 nitrogen and oxygen atoms in total. The summed E-state index contributed by atoms with van der Waals surface area (Å²) in [5.41, 5.74) is 2.26. The summed E-state index contributed by atoms with van der Waals surface area (Å²) in [5, 5.41) is 12.6. The van der Waals surface area contributed by atoms with Gasteiger partial charge >= 0.3 is 5.97 Å². The highest BCUT2D eigenvalue weighted by Crippen LogP contribution is 2.49. The molecule has 7 heteroatoms. The van der Waals surface area contributed by atoms with Crippen molar-refractivity contribution in [1.29, 1.82) is 0 Å². The van der Waals surface area contributed by atoms with Crippen LogP contribution >= 0.6 is 11.3 Å². The van der Waals surface area contributed by atoms with Gasteiger partial charge in [-0.2, -0.15) is 0 Å². The fraction of sp³-hybridized carbons (Fsp3) is 0.130. The molecule has 1 aromatic heterocycles. The van der Waals surface area contributed by atoms with Gasteiger partial charge in [0.2, 0.25) is 5.91 Å². The number of rotatable bonds is 5. The highest BCUT2D eigenvalue weighted by atomic mass is 32.1. The van der Waals surface area contributed by atoms with E-state index in [0.29, 0.717) is 22.6 Å². The zero-order chi connectivity index (χ0) is 21.3. The third-order valence-corrected chi connectivity index (χ3v) is 6.13. The Kier molecular flexibility index (Phi) is 5.25. The van der Waals surface area contributed by atoms with Crippen molar-refractivity contribution in [1.82, 2.24) is 0 Å². The van der Waals surface area contributed by atoms with Crippen molar-refractivity contribution in [2.45, 2.75) is 12.3 Å². The van der Waals surface area contributed by atoms with Gasteiger partial charge in [-0.3, -0.25) is 4.79 Å². The molecule has 3 aromatic rings. The molecular formula is C23H16FNO4S. The first-order valence-corrected chi connectivity index (χ1v) is 9.91. The van der Waals surface area contributed by atoms with Crippen LogP contribution in [0.4, 0.5) is 10.1 Å². The van der Waals surface area contributed by atoms with Gasteiger partial charge in [0.15, 0.2) is 0 Å². The van der Waals surface area contributed by atoms with E-state index in [1.807, 2.05) is 12.1 Å². The molecule has 0 fully saturated rings. The maximum atomic E-state index is 13.4. The van der Waals surface area contributed by atoms with Crippen LogP contribution in [-0.2, 0) is 4.79 Å². The van der Waals surface area contributed by atoms with E-state index in [9.17, 15) is 19.1 Å². The van der Waals surface area contributed by atoms with Gasteiger partial charge in [-0.1, -0.05) is 30.2 Å². The number of benzene rings is 2. The zero-order valence-corrected chi connectivity index (χ0v) is 16.5. The molecule has 1 amide bonds. The molecule has 1 aliphatic rings. The normalized spacial score (nSPS) is 15.1. The number of halogens is 1. The highest BCUT2D eigenvalue weighted by Gasteiger charge is 2.34. The summed E-state index contributed by atoms with van der Waals surface area (Å²) in [4.78, 5) is 25.3. The summed E-state index contributed by atoms with van der Waals surface area (Å²) < 4.78 is 18.8. The topological polar surface area (TPSA) is 75.6 Å². The second-order valence-corrected chi connectivity index (χ2v) is 7.78. The molecule has 2 N–H and O–H groups in total. The van der Waals surface area contributed by atoms with Crippen molar-refractivity contribution in [3.05, 3.63) is 69.7 Å². The molecular weight excluding hydrogens is 405 g/mol. The Morgan fingerprint density at radius 1 is 1.23 bits per heavy atom. The Morgan fingerprint density at radius 3 is 2.57 bits per heavy atom. The van der Waals surface area contributed by atoms with E-state index in [4.69, 9.17) is 11.2 Å². The number of hydrogen-bond acceptors (Lipinski definition) is 4. The number of nitrogens with one attached hydrogen (secondary N) is 1. The molecule has 0 spiro atoms. The van der Waals surface area contributed by atoms with E-state index >= 15 is 0 Å². The van der Waals surface area contributed by atoms with Crippen LogP contribution in [0.1, 0.15) is 32.5 Å². The lowest BCUT2D eigenvalue weighted by molar-refractivity contribution is -0.116. The first-order valence-electron chi connectivity index (χ1n) is 9.10. The molecule has 0 bridgehead atoms. The summed E-state index contributed by atoms with van der Waals surface area (Å²) in [6, 6.07) is 12.8. The van der Waals surface area contributed by atoms with Gasteiger partial charge in [-0.25, -0.2) is 9.18 Å². The maximum absolute atomic E-state index is 13.4. The molecule has 0 unspecified atom stereocenters. The van der Waals surface area contributed by atoms with Crippen molar-refractivity contribution in [3.8, 4) is 29.2 Å². The molecule has 0 saturated heterocycles. The quantitative estimate of drug-likeness (QED) is 0.584. The van der Waals surface area contributed by atoms with E-state index in [0.717, 1.165) is 21.8 Å². The summed E-state index contributed by atoms with van der Waals surface area (Å²) in [5.74, 6) is 0.983. The number of hydrogen-bond donors (Lipinski definition) is 2. The molecule has 0 radical (unpaired) electrons. The first-order chi connectivity index (χ1) is 14.5. The van der Waals surface area contributed by atoms with E-state index in [2.05, 4.69) is 11.2 Å². The maximum Gasteiger partial charge on any atom is 0.346 e. The average Bonchev–Trinajstić information content (AvgIpc) is 3.12. The number of aromatic carboxylic acids is 1. The second kappa shape index (κ2) is 8.01. The Bertz CT molecular complexity index is 1160. The van der Waals surface area contributed by atoms with Crippen molar-refractivity contribution >= 4 is 28.9 Å². The van der Waals surface area contributed by atoms with Crippen molar-refractivity contribution in [3.63, 3.8) is 0 Å². The van der Waals surface area contributed by atoms with Gasteiger partial charge in [0.1, 0.15) is 23.1 Å². The van der Waals surface area contributed by atoms with E-state index in [-0.39, 0.29) is 29.7 Å². The lowest BCUT2D eigenvalue weighted by atomic mass is 9.88. The van der Waals surface area contributed by atoms with Gasteiger partial charge in [0, 0.05) is 22.8 Å². The van der Waals surface area contributed by atoms with Gasteiger partial charge in [0.25, 0.3) is 0 Å². The lowest BCUT2D eigenvalue weighted by Crippen LogP contribution is -2.22. The molecule has 0 saturated carbocycles. The number of fused-ring (bicyclic) bond motifs is 1. The molecule has 30 heavy (non-hydrogen) atoms. The number of carboxylic acid groups (broad SMARTS) is 1. The molecule has 1 atom stereocenters. The Balaban J connectivity index is 1.81. The minimum atomic E-state index is -1.10. The van der Waals surface area contributed by atoms with Crippen LogP contribution in [0.3, 0.4) is 0 Å². The largest absolute Gasteiger partial charge is 0.481 e. The van der Waals surface area contributed by atoms with Crippen molar-refractivity contribution < 1.29 is 23.8 Å². The minimum Gasteiger partial charge on any atom is -0.481 e. The predicted molar refractivity (Wildman–Crippen MR) is 113 cm³/mol. The average molecular weight is 421 g/mol. The monoisotopic (exact) mass is 421 g/mol. The van der Waals surface area contributed by atoms with Crippen molar-refractivity contribution in [2.75, 3.05) is 11.9 Å². The fourth-order valence-electron chi connectivity index (χ4n) is 3.52. The van der Waals surface area contributed by atoms with Crippen LogP contribution in [0.5, 0.6) is 5.75 Å². The third-order valence-electron chi connectivity index (χ3n) is 4.84. The van der Waals surface area contributed by atoms with Crippen LogP contribution in [0, 0.1) is 18.2 Å². The van der Waals surface area contributed by atoms with Crippen LogP contribution < -0.4 is 10.1 Å². The minimum absolute atomic E-state index is 0.104. The number of amides is 1. The standard InChI is InChI=1S/C23H16FNO4S/c1-2-11-29-16-9-5-13(6-10-16)17-12-18(26)25-20-19(14-3-7-15(24)8-4-14)22(23(27)28)30-21(17)20/h1,3-10,17H,11-12H2,(H,25,26)(H,27,28)/t17-/m0/s1. The number of carboxylic acids is 1. The van der Waals surface area contributed by atoms with E-state index in [1.165, 1.54) is 24.3 Å². The summed E-state index contributed by atoms with van der Waals surface area (Å²) in [7, 11) is 0. The van der Waals surface area contributed by atoms with Crippen molar-refractivity contribution in [2.24, 2.45) is 0 Å². The zero-order valence-electron chi connectivity index (χ0n) is 15.6. The van der Waals surface area contributed by atoms with Crippen LogP contribution in [0.2, 0.25) is 0 Å². The SMILES string of the molecule is C#CCOc1ccc([C@@H]2CC(=O)Nc3c2sc(C(=O)O)c3-c2ccc(F)cc2)cc1. The smallest absolute Gasteiger partial charge is 0.346 e. The Labute approximate surface area is 176 Å². The Hall–Kier alpha value is -3.63. The molecule has 2 aromatic carbocycles. The van der Waals surface area contributed by atoms with Gasteiger partial charge in [-0.15, -0.1) is 17.8 Å².